The predicted octanol–water partition coefficient (Wildman–Crippen LogP) is 4.49. The molecule has 1 nitrogen and oxygen atoms in total. The van der Waals surface area contributed by atoms with Crippen molar-refractivity contribution in [1.29, 1.82) is 0 Å². The molecule has 2 aromatic carbocycles. The highest BCUT2D eigenvalue weighted by Crippen LogP contribution is 2.27. The second-order valence-electron chi connectivity index (χ2n) is 5.57. The Morgan fingerprint density at radius 2 is 1.70 bits per heavy atom. The standard InChI is InChI=1S/C18H23NS/c1-13-8-14(2)10-16(9-13)12-20-18-7-5-4-6-17(18)11-15(3)19/h4-10,15H,11-12,19H2,1-3H3. The molecule has 2 aromatic rings. The molecule has 0 fully saturated rings. The summed E-state index contributed by atoms with van der Waals surface area (Å²) in [5.41, 5.74) is 11.4. The van der Waals surface area contributed by atoms with Crippen molar-refractivity contribution in [3.63, 3.8) is 0 Å². The number of aryl methyl sites for hydroxylation is 2. The van der Waals surface area contributed by atoms with Crippen LogP contribution in [0.3, 0.4) is 0 Å². The zero-order valence-corrected chi connectivity index (χ0v) is 13.3. The zero-order valence-electron chi connectivity index (χ0n) is 12.5. The molecule has 0 radical (unpaired) electrons. The van der Waals surface area contributed by atoms with E-state index in [1.807, 2.05) is 11.8 Å². The van der Waals surface area contributed by atoms with E-state index in [1.165, 1.54) is 27.1 Å². The summed E-state index contributed by atoms with van der Waals surface area (Å²) < 4.78 is 0. The summed E-state index contributed by atoms with van der Waals surface area (Å²) >= 11 is 1.90. The van der Waals surface area contributed by atoms with E-state index in [4.69, 9.17) is 5.73 Å². The van der Waals surface area contributed by atoms with Crippen LogP contribution >= 0.6 is 11.8 Å². The molecule has 106 valence electrons. The van der Waals surface area contributed by atoms with Crippen molar-refractivity contribution in [2.75, 3.05) is 0 Å². The normalized spacial score (nSPS) is 12.4. The van der Waals surface area contributed by atoms with Crippen LogP contribution in [-0.4, -0.2) is 6.04 Å². The molecule has 0 aliphatic carbocycles. The van der Waals surface area contributed by atoms with Crippen LogP contribution in [0.5, 0.6) is 0 Å². The van der Waals surface area contributed by atoms with Crippen molar-refractivity contribution in [3.8, 4) is 0 Å². The van der Waals surface area contributed by atoms with Gasteiger partial charge in [0.05, 0.1) is 0 Å². The second-order valence-corrected chi connectivity index (χ2v) is 6.59. The molecule has 2 heteroatoms. The Bertz CT molecular complexity index is 555. The largest absolute Gasteiger partial charge is 0.328 e. The van der Waals surface area contributed by atoms with E-state index in [0.717, 1.165) is 12.2 Å². The number of nitrogens with two attached hydrogens (primary N) is 1. The Kier molecular flexibility index (Phi) is 5.27. The van der Waals surface area contributed by atoms with Gasteiger partial charge in [0.1, 0.15) is 0 Å². The van der Waals surface area contributed by atoms with E-state index >= 15 is 0 Å². The first-order valence-electron chi connectivity index (χ1n) is 7.08. The summed E-state index contributed by atoms with van der Waals surface area (Å²) in [6.07, 6.45) is 0.940. The molecule has 2 rings (SSSR count). The van der Waals surface area contributed by atoms with Gasteiger partial charge in [-0.3, -0.25) is 0 Å². The average Bonchev–Trinajstić information content (AvgIpc) is 2.36. The first kappa shape index (κ1) is 15.1. The van der Waals surface area contributed by atoms with Gasteiger partial charge >= 0.3 is 0 Å². The van der Waals surface area contributed by atoms with E-state index in [0.29, 0.717) is 0 Å². The average molecular weight is 285 g/mol. The van der Waals surface area contributed by atoms with Gasteiger partial charge < -0.3 is 5.73 Å². The van der Waals surface area contributed by atoms with Crippen molar-refractivity contribution in [2.24, 2.45) is 5.73 Å². The molecule has 0 spiro atoms. The summed E-state index contributed by atoms with van der Waals surface area (Å²) in [4.78, 5) is 1.35. The minimum absolute atomic E-state index is 0.206. The van der Waals surface area contributed by atoms with Gasteiger partial charge in [-0.05, 0) is 44.4 Å². The van der Waals surface area contributed by atoms with Gasteiger partial charge in [0.2, 0.25) is 0 Å². The van der Waals surface area contributed by atoms with Crippen LogP contribution in [0.25, 0.3) is 0 Å². The second kappa shape index (κ2) is 6.96. The van der Waals surface area contributed by atoms with Crippen molar-refractivity contribution >= 4 is 11.8 Å². The Hall–Kier alpha value is -1.25. The van der Waals surface area contributed by atoms with Crippen LogP contribution < -0.4 is 5.73 Å². The van der Waals surface area contributed by atoms with E-state index in [-0.39, 0.29) is 6.04 Å². The maximum absolute atomic E-state index is 5.93. The maximum atomic E-state index is 5.93. The lowest BCUT2D eigenvalue weighted by Crippen LogP contribution is -2.18. The molecule has 0 saturated heterocycles. The van der Waals surface area contributed by atoms with E-state index in [9.17, 15) is 0 Å². The minimum Gasteiger partial charge on any atom is -0.328 e. The molecular weight excluding hydrogens is 262 g/mol. The predicted molar refractivity (Wildman–Crippen MR) is 89.3 cm³/mol. The smallest absolute Gasteiger partial charge is 0.0232 e. The first-order valence-corrected chi connectivity index (χ1v) is 8.06. The molecule has 0 saturated carbocycles. The summed E-state index contributed by atoms with van der Waals surface area (Å²) in [5, 5.41) is 0. The van der Waals surface area contributed by atoms with Crippen LogP contribution in [-0.2, 0) is 12.2 Å². The van der Waals surface area contributed by atoms with Gasteiger partial charge in [-0.15, -0.1) is 11.8 Å². The van der Waals surface area contributed by atoms with E-state index in [1.54, 1.807) is 0 Å². The highest BCUT2D eigenvalue weighted by Gasteiger charge is 2.05. The van der Waals surface area contributed by atoms with E-state index in [2.05, 4.69) is 63.2 Å². The Labute approximate surface area is 126 Å². The molecule has 1 atom stereocenters. The number of thioether (sulfide) groups is 1. The molecule has 2 N–H and O–H groups in total. The molecular formula is C18H23NS. The van der Waals surface area contributed by atoms with Crippen LogP contribution in [0, 0.1) is 13.8 Å². The third-order valence-corrected chi connectivity index (χ3v) is 4.38. The molecule has 0 aliphatic rings. The monoisotopic (exact) mass is 285 g/mol. The van der Waals surface area contributed by atoms with E-state index < -0.39 is 0 Å². The number of hydrogen-bond acceptors (Lipinski definition) is 2. The number of hydrogen-bond donors (Lipinski definition) is 1. The summed E-state index contributed by atoms with van der Waals surface area (Å²) in [7, 11) is 0. The molecule has 0 aromatic heterocycles. The molecule has 1 unspecified atom stereocenters. The summed E-state index contributed by atoms with van der Waals surface area (Å²) in [6.45, 7) is 6.38. The van der Waals surface area contributed by atoms with Crippen LogP contribution in [0.2, 0.25) is 0 Å². The van der Waals surface area contributed by atoms with Crippen LogP contribution in [0.1, 0.15) is 29.2 Å². The quantitative estimate of drug-likeness (QED) is 0.819. The topological polar surface area (TPSA) is 26.0 Å². The third kappa shape index (κ3) is 4.39. The molecule has 20 heavy (non-hydrogen) atoms. The van der Waals surface area contributed by atoms with Crippen molar-refractivity contribution in [1.82, 2.24) is 0 Å². The van der Waals surface area contributed by atoms with Gasteiger partial charge in [-0.1, -0.05) is 47.5 Å². The SMILES string of the molecule is Cc1cc(C)cc(CSc2ccccc2CC(C)N)c1. The van der Waals surface area contributed by atoms with Gasteiger partial charge in [-0.2, -0.15) is 0 Å². The third-order valence-electron chi connectivity index (χ3n) is 3.19. The highest BCUT2D eigenvalue weighted by atomic mass is 32.2. The first-order chi connectivity index (χ1) is 9.54. The summed E-state index contributed by atoms with van der Waals surface area (Å²) in [6, 6.07) is 15.6. The van der Waals surface area contributed by atoms with Crippen molar-refractivity contribution in [2.45, 2.75) is 43.9 Å². The Balaban J connectivity index is 2.10. The highest BCUT2D eigenvalue weighted by molar-refractivity contribution is 7.98. The molecule has 0 amide bonds. The van der Waals surface area contributed by atoms with Crippen molar-refractivity contribution < 1.29 is 0 Å². The van der Waals surface area contributed by atoms with Gasteiger partial charge in [0.25, 0.3) is 0 Å². The molecule has 0 bridgehead atoms. The molecule has 0 heterocycles. The lowest BCUT2D eigenvalue weighted by molar-refractivity contribution is 0.729. The lowest BCUT2D eigenvalue weighted by Gasteiger charge is -2.11. The number of benzene rings is 2. The van der Waals surface area contributed by atoms with Gasteiger partial charge in [0.15, 0.2) is 0 Å². The zero-order chi connectivity index (χ0) is 14.5. The van der Waals surface area contributed by atoms with Gasteiger partial charge in [-0.25, -0.2) is 0 Å². The van der Waals surface area contributed by atoms with Crippen LogP contribution in [0.15, 0.2) is 47.4 Å². The summed E-state index contributed by atoms with van der Waals surface area (Å²) in [5.74, 6) is 1.01. The fourth-order valence-corrected chi connectivity index (χ4v) is 3.47. The lowest BCUT2D eigenvalue weighted by atomic mass is 10.1. The van der Waals surface area contributed by atoms with Crippen LogP contribution in [0.4, 0.5) is 0 Å². The fraction of sp³-hybridized carbons (Fsp3) is 0.333. The fourth-order valence-electron chi connectivity index (χ4n) is 2.47. The Morgan fingerprint density at radius 1 is 1.05 bits per heavy atom. The van der Waals surface area contributed by atoms with Gasteiger partial charge in [0, 0.05) is 16.7 Å². The number of rotatable bonds is 5. The molecule has 0 aliphatic heterocycles. The maximum Gasteiger partial charge on any atom is 0.0232 e. The minimum atomic E-state index is 0.206. The Morgan fingerprint density at radius 3 is 2.35 bits per heavy atom. The van der Waals surface area contributed by atoms with Crippen molar-refractivity contribution in [3.05, 3.63) is 64.7 Å².